The second kappa shape index (κ2) is 7.04. The number of ether oxygens (including phenoxy) is 1. The summed E-state index contributed by atoms with van der Waals surface area (Å²) in [6.45, 7) is 0. The van der Waals surface area contributed by atoms with E-state index in [0.29, 0.717) is 11.4 Å². The van der Waals surface area contributed by atoms with E-state index in [1.807, 2.05) is 36.4 Å². The van der Waals surface area contributed by atoms with Gasteiger partial charge in [0.1, 0.15) is 5.75 Å². The molecule has 1 amide bonds. The number of thioether (sulfide) groups is 1. The molecule has 2 aromatic carbocycles. The lowest BCUT2D eigenvalue weighted by Crippen LogP contribution is -2.27. The number of carbonyl (C=O) groups is 1. The highest BCUT2D eigenvalue weighted by molar-refractivity contribution is 8.00. The lowest BCUT2D eigenvalue weighted by molar-refractivity contribution is -0.115. The molecule has 2 aromatic rings. The molecular formula is C16H18N2O2S. The minimum Gasteiger partial charge on any atom is -0.497 e. The topological polar surface area (TPSA) is 55.6 Å². The van der Waals surface area contributed by atoms with Crippen molar-refractivity contribution in [3.8, 4) is 5.75 Å². The number of hydrogen-bond donors (Lipinski definition) is 1. The predicted octanol–water partition coefficient (Wildman–Crippen LogP) is 3.03. The Labute approximate surface area is 128 Å². The first-order chi connectivity index (χ1) is 10.1. The van der Waals surface area contributed by atoms with Crippen molar-refractivity contribution < 1.29 is 9.53 Å². The molecule has 0 aliphatic heterocycles. The Bertz CT molecular complexity index is 617. The SMILES string of the molecule is COc1ccc(N)c(SCC(=O)N(C)c2ccccc2)c1. The van der Waals surface area contributed by atoms with Crippen LogP contribution in [0.2, 0.25) is 0 Å². The molecule has 0 fully saturated rings. The first kappa shape index (κ1) is 15.3. The van der Waals surface area contributed by atoms with E-state index in [1.165, 1.54) is 11.8 Å². The van der Waals surface area contributed by atoms with Crippen LogP contribution in [0.5, 0.6) is 5.75 Å². The molecule has 0 atom stereocenters. The monoisotopic (exact) mass is 302 g/mol. The highest BCUT2D eigenvalue weighted by Crippen LogP contribution is 2.29. The third kappa shape index (κ3) is 3.92. The van der Waals surface area contributed by atoms with Gasteiger partial charge in [0.15, 0.2) is 0 Å². The molecule has 0 aliphatic rings. The lowest BCUT2D eigenvalue weighted by atomic mass is 10.3. The van der Waals surface area contributed by atoms with Crippen LogP contribution in [0.1, 0.15) is 0 Å². The quantitative estimate of drug-likeness (QED) is 0.681. The molecule has 0 saturated heterocycles. The average molecular weight is 302 g/mol. The Balaban J connectivity index is 2.01. The van der Waals surface area contributed by atoms with Gasteiger partial charge in [-0.25, -0.2) is 0 Å². The van der Waals surface area contributed by atoms with E-state index in [9.17, 15) is 4.79 Å². The maximum absolute atomic E-state index is 12.2. The van der Waals surface area contributed by atoms with Gasteiger partial charge in [0, 0.05) is 23.3 Å². The summed E-state index contributed by atoms with van der Waals surface area (Å²) in [6.07, 6.45) is 0. The van der Waals surface area contributed by atoms with Crippen molar-refractivity contribution in [3.63, 3.8) is 0 Å². The number of rotatable bonds is 5. The Morgan fingerprint density at radius 1 is 1.24 bits per heavy atom. The number of anilines is 2. The molecule has 2 rings (SSSR count). The molecule has 0 bridgehead atoms. The van der Waals surface area contributed by atoms with Crippen LogP contribution in [0.15, 0.2) is 53.4 Å². The smallest absolute Gasteiger partial charge is 0.237 e. The van der Waals surface area contributed by atoms with Gasteiger partial charge in [-0.1, -0.05) is 18.2 Å². The molecule has 0 aromatic heterocycles. The van der Waals surface area contributed by atoms with Crippen LogP contribution in [0, 0.1) is 0 Å². The first-order valence-electron chi connectivity index (χ1n) is 6.49. The Morgan fingerprint density at radius 2 is 1.95 bits per heavy atom. The summed E-state index contributed by atoms with van der Waals surface area (Å²) in [6, 6.07) is 15.0. The van der Waals surface area contributed by atoms with Gasteiger partial charge in [0.2, 0.25) is 5.91 Å². The normalized spacial score (nSPS) is 10.2. The number of methoxy groups -OCH3 is 1. The molecule has 4 nitrogen and oxygen atoms in total. The van der Waals surface area contributed by atoms with Gasteiger partial charge in [-0.3, -0.25) is 4.79 Å². The molecule has 0 saturated carbocycles. The summed E-state index contributed by atoms with van der Waals surface area (Å²) < 4.78 is 5.17. The van der Waals surface area contributed by atoms with E-state index in [4.69, 9.17) is 10.5 Å². The molecule has 0 heterocycles. The zero-order valence-electron chi connectivity index (χ0n) is 12.1. The number of nitrogen functional groups attached to an aromatic ring is 1. The van der Waals surface area contributed by atoms with Crippen LogP contribution < -0.4 is 15.4 Å². The lowest BCUT2D eigenvalue weighted by Gasteiger charge is -2.17. The number of para-hydroxylation sites is 1. The van der Waals surface area contributed by atoms with Gasteiger partial charge in [-0.2, -0.15) is 0 Å². The third-order valence-corrected chi connectivity index (χ3v) is 4.15. The van der Waals surface area contributed by atoms with Gasteiger partial charge in [0.05, 0.1) is 12.9 Å². The summed E-state index contributed by atoms with van der Waals surface area (Å²) in [7, 11) is 3.38. The minimum atomic E-state index is 0.0217. The summed E-state index contributed by atoms with van der Waals surface area (Å²) in [5, 5.41) is 0. The van der Waals surface area contributed by atoms with E-state index in [-0.39, 0.29) is 5.91 Å². The van der Waals surface area contributed by atoms with Gasteiger partial charge in [-0.05, 0) is 30.3 Å². The summed E-state index contributed by atoms with van der Waals surface area (Å²) in [5.74, 6) is 1.08. The van der Waals surface area contributed by atoms with E-state index in [2.05, 4.69) is 0 Å². The van der Waals surface area contributed by atoms with Crippen molar-refractivity contribution >= 4 is 29.0 Å². The molecule has 0 spiro atoms. The summed E-state index contributed by atoms with van der Waals surface area (Å²) in [5.41, 5.74) is 7.44. The fraction of sp³-hybridized carbons (Fsp3) is 0.188. The molecule has 0 radical (unpaired) electrons. The fourth-order valence-electron chi connectivity index (χ4n) is 1.80. The van der Waals surface area contributed by atoms with Crippen molar-refractivity contribution in [2.75, 3.05) is 30.5 Å². The van der Waals surface area contributed by atoms with Crippen molar-refractivity contribution in [2.45, 2.75) is 4.90 Å². The van der Waals surface area contributed by atoms with Crippen molar-refractivity contribution in [1.82, 2.24) is 0 Å². The molecule has 0 unspecified atom stereocenters. The van der Waals surface area contributed by atoms with E-state index in [0.717, 1.165) is 16.3 Å². The highest BCUT2D eigenvalue weighted by atomic mass is 32.2. The van der Waals surface area contributed by atoms with Gasteiger partial charge in [-0.15, -0.1) is 11.8 Å². The minimum absolute atomic E-state index is 0.0217. The second-order valence-electron chi connectivity index (χ2n) is 4.48. The Kier molecular flexibility index (Phi) is 5.11. The van der Waals surface area contributed by atoms with Crippen LogP contribution in [0.4, 0.5) is 11.4 Å². The van der Waals surface area contributed by atoms with E-state index >= 15 is 0 Å². The van der Waals surface area contributed by atoms with E-state index in [1.54, 1.807) is 31.2 Å². The molecule has 21 heavy (non-hydrogen) atoms. The molecule has 2 N–H and O–H groups in total. The second-order valence-corrected chi connectivity index (χ2v) is 5.50. The number of nitrogens with zero attached hydrogens (tertiary/aromatic N) is 1. The van der Waals surface area contributed by atoms with Crippen LogP contribution >= 0.6 is 11.8 Å². The van der Waals surface area contributed by atoms with Crippen molar-refractivity contribution in [3.05, 3.63) is 48.5 Å². The zero-order chi connectivity index (χ0) is 15.2. The maximum atomic E-state index is 12.2. The van der Waals surface area contributed by atoms with Gasteiger partial charge in [0.25, 0.3) is 0 Å². The average Bonchev–Trinajstić information content (AvgIpc) is 2.54. The fourth-order valence-corrected chi connectivity index (χ4v) is 2.71. The number of benzene rings is 2. The molecule has 5 heteroatoms. The van der Waals surface area contributed by atoms with Crippen LogP contribution in [0.25, 0.3) is 0 Å². The van der Waals surface area contributed by atoms with Gasteiger partial charge < -0.3 is 15.4 Å². The third-order valence-electron chi connectivity index (χ3n) is 3.09. The number of amides is 1. The number of nitrogens with two attached hydrogens (primary N) is 1. The van der Waals surface area contributed by atoms with Crippen molar-refractivity contribution in [1.29, 1.82) is 0 Å². The molecule has 110 valence electrons. The Hall–Kier alpha value is -2.14. The standard InChI is InChI=1S/C16H18N2O2S/c1-18(12-6-4-3-5-7-12)16(19)11-21-15-10-13(20-2)8-9-14(15)17/h3-10H,11,17H2,1-2H3. The van der Waals surface area contributed by atoms with Crippen LogP contribution in [0.3, 0.4) is 0 Å². The summed E-state index contributed by atoms with van der Waals surface area (Å²) in [4.78, 5) is 14.7. The molecular weight excluding hydrogens is 284 g/mol. The maximum Gasteiger partial charge on any atom is 0.237 e. The predicted molar refractivity (Wildman–Crippen MR) is 88.0 cm³/mol. The Morgan fingerprint density at radius 3 is 2.62 bits per heavy atom. The van der Waals surface area contributed by atoms with Crippen molar-refractivity contribution in [2.24, 2.45) is 0 Å². The molecule has 0 aliphatic carbocycles. The largest absolute Gasteiger partial charge is 0.497 e. The first-order valence-corrected chi connectivity index (χ1v) is 7.48. The van der Waals surface area contributed by atoms with Gasteiger partial charge >= 0.3 is 0 Å². The summed E-state index contributed by atoms with van der Waals surface area (Å²) >= 11 is 1.41. The zero-order valence-corrected chi connectivity index (χ0v) is 12.9. The number of carbonyl (C=O) groups excluding carboxylic acids is 1. The van der Waals surface area contributed by atoms with Crippen LogP contribution in [-0.2, 0) is 4.79 Å². The number of hydrogen-bond acceptors (Lipinski definition) is 4. The van der Waals surface area contributed by atoms with Crippen LogP contribution in [-0.4, -0.2) is 25.8 Å². The van der Waals surface area contributed by atoms with E-state index < -0.39 is 0 Å². The highest BCUT2D eigenvalue weighted by Gasteiger charge is 2.12.